The number of carbonyl (C=O) groups is 1. The van der Waals surface area contributed by atoms with Gasteiger partial charge in [0.2, 0.25) is 0 Å². The Morgan fingerprint density at radius 3 is 2.35 bits per heavy atom. The molecule has 0 fully saturated rings. The Hall–Kier alpha value is -1.15. The molecule has 6 nitrogen and oxygen atoms in total. The monoisotopic (exact) mass is 320 g/mol. The molecule has 0 heterocycles. The van der Waals surface area contributed by atoms with Gasteiger partial charge in [0, 0.05) is 18.1 Å². The number of benzene rings is 1. The minimum absolute atomic E-state index is 0.196. The molecule has 0 aliphatic heterocycles. The van der Waals surface area contributed by atoms with Crippen LogP contribution in [0.5, 0.6) is 0 Å². The largest absolute Gasteiger partial charge is 0.480 e. The third kappa shape index (κ3) is 3.92. The average Bonchev–Trinajstić information content (AvgIpc) is 2.38. The lowest BCUT2D eigenvalue weighted by atomic mass is 10.1. The Balaban J connectivity index is 3.13. The number of halogens is 1. The Morgan fingerprint density at radius 1 is 1.35 bits per heavy atom. The van der Waals surface area contributed by atoms with Crippen molar-refractivity contribution in [3.05, 3.63) is 34.9 Å². The number of hydrogen-bond donors (Lipinski definition) is 2. The van der Waals surface area contributed by atoms with Crippen molar-refractivity contribution in [3.63, 3.8) is 0 Å². The van der Waals surface area contributed by atoms with Crippen molar-refractivity contribution >= 4 is 27.8 Å². The summed E-state index contributed by atoms with van der Waals surface area (Å²) >= 11 is 5.93. The first kappa shape index (κ1) is 16.9. The Kier molecular flexibility index (Phi) is 5.94. The van der Waals surface area contributed by atoms with Gasteiger partial charge in [0.25, 0.3) is 10.2 Å². The molecule has 2 N–H and O–H groups in total. The van der Waals surface area contributed by atoms with Crippen LogP contribution in [0, 0.1) is 0 Å². The van der Waals surface area contributed by atoms with Crippen molar-refractivity contribution in [1.29, 1.82) is 0 Å². The average molecular weight is 321 g/mol. The number of nitrogens with zero attached hydrogens (tertiary/aromatic N) is 1. The van der Waals surface area contributed by atoms with Crippen LogP contribution in [0.4, 0.5) is 0 Å². The molecule has 0 saturated carbocycles. The van der Waals surface area contributed by atoms with Crippen LogP contribution in [0.15, 0.2) is 24.3 Å². The van der Waals surface area contributed by atoms with Gasteiger partial charge in [-0.15, -0.1) is 0 Å². The van der Waals surface area contributed by atoms with Crippen LogP contribution in [0.1, 0.15) is 25.5 Å². The van der Waals surface area contributed by atoms with E-state index in [9.17, 15) is 18.3 Å². The lowest BCUT2D eigenvalue weighted by Crippen LogP contribution is -2.44. The molecular weight excluding hydrogens is 304 g/mol. The number of nitrogens with one attached hydrogen (secondary N) is 1. The quantitative estimate of drug-likeness (QED) is 0.799. The van der Waals surface area contributed by atoms with Gasteiger partial charge in [-0.2, -0.15) is 17.4 Å². The molecule has 0 bridgehead atoms. The van der Waals surface area contributed by atoms with E-state index in [2.05, 4.69) is 4.72 Å². The molecule has 112 valence electrons. The Labute approximate surface area is 123 Å². The predicted molar refractivity (Wildman–Crippen MR) is 76.8 cm³/mol. The molecule has 8 heteroatoms. The van der Waals surface area contributed by atoms with E-state index < -0.39 is 22.2 Å². The first-order valence-corrected chi connectivity index (χ1v) is 7.89. The topological polar surface area (TPSA) is 86.7 Å². The van der Waals surface area contributed by atoms with Crippen molar-refractivity contribution in [1.82, 2.24) is 9.03 Å². The molecule has 1 aromatic rings. The molecule has 0 amide bonds. The van der Waals surface area contributed by atoms with Crippen molar-refractivity contribution in [2.45, 2.75) is 19.9 Å². The molecule has 0 spiro atoms. The molecule has 0 saturated heterocycles. The number of carboxylic acids is 1. The van der Waals surface area contributed by atoms with E-state index in [-0.39, 0.29) is 23.7 Å². The highest BCUT2D eigenvalue weighted by molar-refractivity contribution is 7.87. The van der Waals surface area contributed by atoms with Crippen molar-refractivity contribution in [2.24, 2.45) is 0 Å². The number of aliphatic carboxylic acids is 1. The highest BCUT2D eigenvalue weighted by atomic mass is 35.5. The van der Waals surface area contributed by atoms with Crippen LogP contribution in [0.3, 0.4) is 0 Å². The fourth-order valence-corrected chi connectivity index (χ4v) is 3.34. The number of hydrogen-bond acceptors (Lipinski definition) is 3. The maximum Gasteiger partial charge on any atom is 0.326 e. The van der Waals surface area contributed by atoms with Crippen LogP contribution < -0.4 is 4.72 Å². The third-order valence-electron chi connectivity index (χ3n) is 2.78. The molecule has 0 aromatic heterocycles. The number of rotatable bonds is 7. The predicted octanol–water partition coefficient (Wildman–Crippen LogP) is 1.64. The van der Waals surface area contributed by atoms with E-state index in [1.165, 1.54) is 12.1 Å². The zero-order chi connectivity index (χ0) is 15.3. The summed E-state index contributed by atoms with van der Waals surface area (Å²) in [6, 6.07) is 4.81. The van der Waals surface area contributed by atoms with Gasteiger partial charge in [0.05, 0.1) is 0 Å². The standard InChI is InChI=1S/C12H17ClN2O4S/c1-3-15(4-2)20(18,19)14-11(12(16)17)9-7-5-6-8-10(9)13/h5-8,11,14H,3-4H2,1-2H3,(H,16,17)/t11-/m1/s1. The van der Waals surface area contributed by atoms with Gasteiger partial charge < -0.3 is 5.11 Å². The van der Waals surface area contributed by atoms with E-state index in [0.29, 0.717) is 0 Å². The first-order chi connectivity index (χ1) is 9.33. The SMILES string of the molecule is CCN(CC)S(=O)(=O)N[C@@H](C(=O)O)c1ccccc1Cl. The second kappa shape index (κ2) is 7.03. The summed E-state index contributed by atoms with van der Waals surface area (Å²) < 4.78 is 27.5. The molecule has 0 aliphatic rings. The second-order valence-electron chi connectivity index (χ2n) is 4.00. The molecule has 1 rings (SSSR count). The fourth-order valence-electron chi connectivity index (χ4n) is 1.74. The molecule has 0 aliphatic carbocycles. The highest BCUT2D eigenvalue weighted by Crippen LogP contribution is 2.23. The van der Waals surface area contributed by atoms with Crippen molar-refractivity contribution in [3.8, 4) is 0 Å². The lowest BCUT2D eigenvalue weighted by Gasteiger charge is -2.22. The van der Waals surface area contributed by atoms with Gasteiger partial charge in [-0.05, 0) is 11.6 Å². The summed E-state index contributed by atoms with van der Waals surface area (Å²) in [6.45, 7) is 3.85. The van der Waals surface area contributed by atoms with Gasteiger partial charge in [-0.1, -0.05) is 43.6 Å². The molecule has 0 unspecified atom stereocenters. The van der Waals surface area contributed by atoms with E-state index >= 15 is 0 Å². The third-order valence-corrected chi connectivity index (χ3v) is 4.85. The van der Waals surface area contributed by atoms with Gasteiger partial charge in [-0.3, -0.25) is 4.79 Å². The molecule has 1 aromatic carbocycles. The van der Waals surface area contributed by atoms with Gasteiger partial charge >= 0.3 is 5.97 Å². The second-order valence-corrected chi connectivity index (χ2v) is 6.11. The molecule has 20 heavy (non-hydrogen) atoms. The maximum absolute atomic E-state index is 12.1. The molecule has 0 radical (unpaired) electrons. The fraction of sp³-hybridized carbons (Fsp3) is 0.417. The normalized spacial score (nSPS) is 13.4. The molecular formula is C12H17ClN2O4S. The summed E-state index contributed by atoms with van der Waals surface area (Å²) in [5.74, 6) is -1.31. The van der Waals surface area contributed by atoms with Crippen LogP contribution in [0.2, 0.25) is 5.02 Å². The highest BCUT2D eigenvalue weighted by Gasteiger charge is 2.29. The van der Waals surface area contributed by atoms with Crippen LogP contribution in [-0.2, 0) is 15.0 Å². The maximum atomic E-state index is 12.1. The van der Waals surface area contributed by atoms with E-state index in [4.69, 9.17) is 11.6 Å². The van der Waals surface area contributed by atoms with E-state index in [1.54, 1.807) is 26.0 Å². The van der Waals surface area contributed by atoms with Gasteiger partial charge in [0.15, 0.2) is 0 Å². The van der Waals surface area contributed by atoms with Crippen LogP contribution >= 0.6 is 11.6 Å². The number of carboxylic acid groups (broad SMARTS) is 1. The van der Waals surface area contributed by atoms with E-state index in [1.807, 2.05) is 0 Å². The zero-order valence-corrected chi connectivity index (χ0v) is 12.8. The summed E-state index contributed by atoms with van der Waals surface area (Å²) in [6.07, 6.45) is 0. The Bertz CT molecular complexity index is 573. The van der Waals surface area contributed by atoms with Crippen LogP contribution in [-0.4, -0.2) is 36.9 Å². The summed E-state index contributed by atoms with van der Waals surface area (Å²) in [5.41, 5.74) is 0.206. The van der Waals surface area contributed by atoms with Crippen molar-refractivity contribution < 1.29 is 18.3 Å². The van der Waals surface area contributed by atoms with Gasteiger partial charge in [-0.25, -0.2) is 0 Å². The summed E-state index contributed by atoms with van der Waals surface area (Å²) in [4.78, 5) is 11.3. The molecule has 1 atom stereocenters. The zero-order valence-electron chi connectivity index (χ0n) is 11.2. The van der Waals surface area contributed by atoms with Crippen LogP contribution in [0.25, 0.3) is 0 Å². The Morgan fingerprint density at radius 2 is 1.90 bits per heavy atom. The minimum atomic E-state index is -3.89. The van der Waals surface area contributed by atoms with E-state index in [0.717, 1.165) is 4.31 Å². The van der Waals surface area contributed by atoms with Crippen molar-refractivity contribution in [2.75, 3.05) is 13.1 Å². The van der Waals surface area contributed by atoms with Gasteiger partial charge in [0.1, 0.15) is 6.04 Å². The first-order valence-electron chi connectivity index (χ1n) is 6.08. The smallest absolute Gasteiger partial charge is 0.326 e. The summed E-state index contributed by atoms with van der Waals surface area (Å²) in [5, 5.41) is 9.43. The lowest BCUT2D eigenvalue weighted by molar-refractivity contribution is -0.139. The summed E-state index contributed by atoms with van der Waals surface area (Å²) in [7, 11) is -3.89. The minimum Gasteiger partial charge on any atom is -0.480 e.